The van der Waals surface area contributed by atoms with Crippen molar-refractivity contribution in [2.24, 2.45) is 0 Å². The highest BCUT2D eigenvalue weighted by molar-refractivity contribution is 7.89. The third-order valence-corrected chi connectivity index (χ3v) is 6.11. The van der Waals surface area contributed by atoms with E-state index < -0.39 is 10.0 Å². The van der Waals surface area contributed by atoms with Crippen LogP contribution >= 0.6 is 0 Å². The van der Waals surface area contributed by atoms with Crippen molar-refractivity contribution in [3.8, 4) is 5.75 Å². The summed E-state index contributed by atoms with van der Waals surface area (Å²) in [5.41, 5.74) is 2.49. The van der Waals surface area contributed by atoms with E-state index in [-0.39, 0.29) is 10.7 Å². The monoisotopic (exact) mass is 345 g/mol. The van der Waals surface area contributed by atoms with Crippen LogP contribution in [0.5, 0.6) is 5.75 Å². The molecule has 3 rings (SSSR count). The molecule has 0 atom stereocenters. The first-order chi connectivity index (χ1) is 11.4. The topological polar surface area (TPSA) is 63.7 Å². The number of carbonyl (C=O) groups excluding carboxylic acids is 1. The third kappa shape index (κ3) is 3.07. The van der Waals surface area contributed by atoms with E-state index in [4.69, 9.17) is 4.74 Å². The Hall–Kier alpha value is -2.18. The lowest BCUT2D eigenvalue weighted by Crippen LogP contribution is -2.36. The van der Waals surface area contributed by atoms with Crippen molar-refractivity contribution in [1.82, 2.24) is 4.31 Å². The quantitative estimate of drug-likeness (QED) is 0.799. The van der Waals surface area contributed by atoms with Crippen LogP contribution in [0.2, 0.25) is 0 Å². The average molecular weight is 345 g/mol. The third-order valence-electron chi connectivity index (χ3n) is 4.27. The molecule has 0 amide bonds. The Kier molecular flexibility index (Phi) is 4.43. The molecule has 0 saturated carbocycles. The number of rotatable bonds is 4. The van der Waals surface area contributed by atoms with Crippen LogP contribution < -0.4 is 4.74 Å². The fourth-order valence-electron chi connectivity index (χ4n) is 2.86. The van der Waals surface area contributed by atoms with Gasteiger partial charge in [0.1, 0.15) is 5.75 Å². The van der Waals surface area contributed by atoms with Gasteiger partial charge < -0.3 is 4.74 Å². The Morgan fingerprint density at radius 3 is 2.62 bits per heavy atom. The summed E-state index contributed by atoms with van der Waals surface area (Å²) in [7, 11) is -2.01. The van der Waals surface area contributed by atoms with Crippen LogP contribution in [0.25, 0.3) is 0 Å². The smallest absolute Gasteiger partial charge is 0.243 e. The molecule has 1 aliphatic rings. The first-order valence-electron chi connectivity index (χ1n) is 7.69. The molecule has 126 valence electrons. The van der Waals surface area contributed by atoms with Crippen LogP contribution in [0.3, 0.4) is 0 Å². The zero-order valence-electron chi connectivity index (χ0n) is 13.7. The van der Waals surface area contributed by atoms with Gasteiger partial charge in [0, 0.05) is 18.7 Å². The normalized spacial score (nSPS) is 14.9. The van der Waals surface area contributed by atoms with E-state index in [2.05, 4.69) is 0 Å². The van der Waals surface area contributed by atoms with Crippen LogP contribution in [-0.2, 0) is 23.0 Å². The number of carbonyl (C=O) groups is 1. The molecule has 0 N–H and O–H groups in total. The van der Waals surface area contributed by atoms with Crippen molar-refractivity contribution in [2.75, 3.05) is 13.7 Å². The van der Waals surface area contributed by atoms with Crippen molar-refractivity contribution in [1.29, 1.82) is 0 Å². The van der Waals surface area contributed by atoms with Gasteiger partial charge >= 0.3 is 0 Å². The summed E-state index contributed by atoms with van der Waals surface area (Å²) in [5.74, 6) is 0.627. The molecular weight excluding hydrogens is 326 g/mol. The minimum Gasteiger partial charge on any atom is -0.497 e. The molecule has 1 aliphatic heterocycles. The lowest BCUT2D eigenvalue weighted by molar-refractivity contribution is 0.101. The van der Waals surface area contributed by atoms with Crippen molar-refractivity contribution >= 4 is 15.8 Å². The van der Waals surface area contributed by atoms with E-state index in [9.17, 15) is 13.2 Å². The lowest BCUT2D eigenvalue weighted by Gasteiger charge is -2.28. The first kappa shape index (κ1) is 16.7. The Morgan fingerprint density at radius 2 is 1.92 bits per heavy atom. The number of benzene rings is 2. The second-order valence-corrected chi connectivity index (χ2v) is 7.75. The van der Waals surface area contributed by atoms with Crippen LogP contribution in [0, 0.1) is 0 Å². The van der Waals surface area contributed by atoms with Gasteiger partial charge in [0.2, 0.25) is 10.0 Å². The number of ketones is 1. The number of sulfonamides is 1. The molecule has 2 aromatic carbocycles. The van der Waals surface area contributed by atoms with Gasteiger partial charge in [-0.1, -0.05) is 18.2 Å². The van der Waals surface area contributed by atoms with Gasteiger partial charge in [-0.15, -0.1) is 0 Å². The second kappa shape index (κ2) is 6.37. The highest BCUT2D eigenvalue weighted by Gasteiger charge is 2.28. The molecule has 0 unspecified atom stereocenters. The highest BCUT2D eigenvalue weighted by Crippen LogP contribution is 2.27. The zero-order chi connectivity index (χ0) is 17.3. The average Bonchev–Trinajstić information content (AvgIpc) is 2.60. The molecule has 24 heavy (non-hydrogen) atoms. The first-order valence-corrected chi connectivity index (χ1v) is 9.13. The van der Waals surface area contributed by atoms with E-state index in [0.717, 1.165) is 16.9 Å². The van der Waals surface area contributed by atoms with Gasteiger partial charge in [-0.25, -0.2) is 8.42 Å². The fourth-order valence-corrected chi connectivity index (χ4v) is 4.33. The summed E-state index contributed by atoms with van der Waals surface area (Å²) in [4.78, 5) is 11.7. The lowest BCUT2D eigenvalue weighted by atomic mass is 10.0. The molecule has 0 aromatic heterocycles. The number of fused-ring (bicyclic) bond motifs is 1. The molecule has 0 saturated heterocycles. The van der Waals surface area contributed by atoms with Gasteiger partial charge in [0.25, 0.3) is 0 Å². The van der Waals surface area contributed by atoms with Crippen molar-refractivity contribution < 1.29 is 17.9 Å². The maximum Gasteiger partial charge on any atom is 0.243 e. The summed E-state index contributed by atoms with van der Waals surface area (Å²) in [6.45, 7) is 2.16. The molecule has 1 heterocycles. The summed E-state index contributed by atoms with van der Waals surface area (Å²) in [6, 6.07) is 11.9. The van der Waals surface area contributed by atoms with Crippen molar-refractivity contribution in [3.63, 3.8) is 0 Å². The van der Waals surface area contributed by atoms with E-state index >= 15 is 0 Å². The minimum absolute atomic E-state index is 0.150. The summed E-state index contributed by atoms with van der Waals surface area (Å²) in [6.07, 6.45) is 0.637. The summed E-state index contributed by atoms with van der Waals surface area (Å²) >= 11 is 0. The number of hydrogen-bond donors (Lipinski definition) is 0. The van der Waals surface area contributed by atoms with Crippen LogP contribution in [0.1, 0.15) is 28.4 Å². The molecule has 5 nitrogen and oxygen atoms in total. The maximum atomic E-state index is 12.9. The van der Waals surface area contributed by atoms with Gasteiger partial charge in [0.05, 0.1) is 12.0 Å². The standard InChI is InChI=1S/C18H19NO4S/c1-13(20)14-4-3-5-18(11-14)24(21,22)19-9-8-15-10-17(23-2)7-6-16(15)12-19/h3-7,10-11H,8-9,12H2,1-2H3. The maximum absolute atomic E-state index is 12.9. The molecule has 0 spiro atoms. The molecule has 0 radical (unpaired) electrons. The van der Waals surface area contributed by atoms with Gasteiger partial charge in [-0.3, -0.25) is 4.79 Å². The zero-order valence-corrected chi connectivity index (χ0v) is 14.5. The molecule has 0 aliphatic carbocycles. The number of hydrogen-bond acceptors (Lipinski definition) is 4. The van der Waals surface area contributed by atoms with E-state index in [1.807, 2.05) is 18.2 Å². The van der Waals surface area contributed by atoms with Gasteiger partial charge in [-0.2, -0.15) is 4.31 Å². The van der Waals surface area contributed by atoms with Crippen molar-refractivity contribution in [3.05, 3.63) is 59.2 Å². The van der Waals surface area contributed by atoms with E-state index in [1.165, 1.54) is 23.4 Å². The summed E-state index contributed by atoms with van der Waals surface area (Å²) in [5, 5.41) is 0. The van der Waals surface area contributed by atoms with Crippen LogP contribution in [0.15, 0.2) is 47.4 Å². The van der Waals surface area contributed by atoms with Crippen LogP contribution in [-0.4, -0.2) is 32.2 Å². The van der Waals surface area contributed by atoms with Crippen molar-refractivity contribution in [2.45, 2.75) is 24.8 Å². The Balaban J connectivity index is 1.91. The van der Waals surface area contributed by atoms with Gasteiger partial charge in [-0.05, 0) is 48.7 Å². The molecule has 0 bridgehead atoms. The molecule has 6 heteroatoms. The molecule has 0 fully saturated rings. The molecular formula is C18H19NO4S. The fraction of sp³-hybridized carbons (Fsp3) is 0.278. The number of ether oxygens (including phenoxy) is 1. The predicted octanol–water partition coefficient (Wildman–Crippen LogP) is 2.64. The number of methoxy groups -OCH3 is 1. The molecule has 2 aromatic rings. The highest BCUT2D eigenvalue weighted by atomic mass is 32.2. The van der Waals surface area contributed by atoms with E-state index in [1.54, 1.807) is 19.2 Å². The number of Topliss-reactive ketones (excluding diaryl/α,β-unsaturated/α-hetero) is 1. The Bertz CT molecular complexity index is 890. The van der Waals surface area contributed by atoms with Crippen LogP contribution in [0.4, 0.5) is 0 Å². The van der Waals surface area contributed by atoms with Gasteiger partial charge in [0.15, 0.2) is 5.78 Å². The largest absolute Gasteiger partial charge is 0.497 e. The SMILES string of the molecule is COc1ccc2c(c1)CCN(S(=O)(=O)c1cccc(C(C)=O)c1)C2. The predicted molar refractivity (Wildman–Crippen MR) is 90.7 cm³/mol. The summed E-state index contributed by atoms with van der Waals surface area (Å²) < 4.78 is 32.4. The Morgan fingerprint density at radius 1 is 1.12 bits per heavy atom. The second-order valence-electron chi connectivity index (χ2n) is 5.81. The van der Waals surface area contributed by atoms with E-state index in [0.29, 0.717) is 25.1 Å². The number of nitrogens with zero attached hydrogens (tertiary/aromatic N) is 1. The minimum atomic E-state index is -3.63. The Labute approximate surface area is 141 Å².